The Hall–Kier alpha value is -1.82. The summed E-state index contributed by atoms with van der Waals surface area (Å²) in [5, 5.41) is 11.8. The maximum atomic E-state index is 5.28. The first kappa shape index (κ1) is 12.6. The van der Waals surface area contributed by atoms with Gasteiger partial charge >= 0.3 is 0 Å². The molecule has 1 heterocycles. The first-order valence-corrected chi connectivity index (χ1v) is 6.37. The van der Waals surface area contributed by atoms with Crippen LogP contribution in [-0.4, -0.2) is 24.4 Å². The number of nitrogens with zero attached hydrogens (tertiary/aromatic N) is 2. The Labute approximate surface area is 110 Å². The van der Waals surface area contributed by atoms with Gasteiger partial charge < -0.3 is 14.8 Å². The maximum absolute atomic E-state index is 5.28. The fraction of sp³-hybridized carbons (Fsp3) is 0.333. The van der Waals surface area contributed by atoms with E-state index in [2.05, 4.69) is 22.4 Å². The molecule has 96 valence electrons. The third-order valence-corrected chi connectivity index (χ3v) is 3.23. The summed E-state index contributed by atoms with van der Waals surface area (Å²) in [6, 6.07) is 5.97. The van der Waals surface area contributed by atoms with Gasteiger partial charge in [0.05, 0.1) is 20.3 Å². The Morgan fingerprint density at radius 1 is 1.22 bits per heavy atom. The molecule has 0 amide bonds. The molecule has 0 aliphatic carbocycles. The molecule has 0 spiro atoms. The molecule has 0 aliphatic rings. The van der Waals surface area contributed by atoms with Crippen molar-refractivity contribution >= 4 is 16.5 Å². The molecular weight excluding hydrogens is 250 g/mol. The number of anilines is 1. The van der Waals surface area contributed by atoms with Crippen LogP contribution < -0.4 is 14.8 Å². The van der Waals surface area contributed by atoms with E-state index in [1.165, 1.54) is 11.3 Å². The Bertz CT molecular complexity index is 502. The Balaban J connectivity index is 2.17. The first-order chi connectivity index (χ1) is 8.74. The van der Waals surface area contributed by atoms with Crippen molar-refractivity contribution in [3.05, 3.63) is 29.3 Å². The summed E-state index contributed by atoms with van der Waals surface area (Å²) in [7, 11) is 3.25. The molecule has 2 rings (SSSR count). The van der Waals surface area contributed by atoms with E-state index in [1.54, 1.807) is 19.7 Å². The third kappa shape index (κ3) is 2.70. The highest BCUT2D eigenvalue weighted by Gasteiger charge is 2.11. The highest BCUT2D eigenvalue weighted by Crippen LogP contribution is 2.31. The molecule has 1 unspecified atom stereocenters. The zero-order valence-corrected chi connectivity index (χ0v) is 11.3. The fourth-order valence-corrected chi connectivity index (χ4v) is 2.16. The van der Waals surface area contributed by atoms with Crippen LogP contribution in [0.25, 0.3) is 0 Å². The minimum Gasteiger partial charge on any atom is -0.493 e. The molecule has 18 heavy (non-hydrogen) atoms. The van der Waals surface area contributed by atoms with Crippen LogP contribution in [0.5, 0.6) is 11.5 Å². The molecule has 1 aromatic heterocycles. The fourth-order valence-electron chi connectivity index (χ4n) is 1.63. The normalized spacial score (nSPS) is 11.9. The van der Waals surface area contributed by atoms with Crippen molar-refractivity contribution in [3.8, 4) is 11.5 Å². The van der Waals surface area contributed by atoms with Gasteiger partial charge in [-0.3, -0.25) is 0 Å². The van der Waals surface area contributed by atoms with Gasteiger partial charge in [-0.2, -0.15) is 0 Å². The van der Waals surface area contributed by atoms with E-state index in [-0.39, 0.29) is 6.04 Å². The first-order valence-electron chi connectivity index (χ1n) is 5.49. The lowest BCUT2D eigenvalue weighted by Crippen LogP contribution is -2.06. The summed E-state index contributed by atoms with van der Waals surface area (Å²) < 4.78 is 10.5. The number of hydrogen-bond donors (Lipinski definition) is 1. The third-order valence-electron chi connectivity index (χ3n) is 2.61. The standard InChI is InChI=1S/C12H15N3O2S/c1-8(14-12-15-13-7-18-12)9-4-5-10(16-2)11(6-9)17-3/h4-8H,1-3H3,(H,14,15). The molecule has 1 atom stereocenters. The van der Waals surface area contributed by atoms with Gasteiger partial charge in [-0.25, -0.2) is 0 Å². The Kier molecular flexibility index (Phi) is 3.99. The minimum absolute atomic E-state index is 0.123. The lowest BCUT2D eigenvalue weighted by atomic mass is 10.1. The number of aromatic nitrogens is 2. The summed E-state index contributed by atoms with van der Waals surface area (Å²) in [5.74, 6) is 1.45. The van der Waals surface area contributed by atoms with Gasteiger partial charge in [0.15, 0.2) is 11.5 Å². The van der Waals surface area contributed by atoms with Gasteiger partial charge in [0.2, 0.25) is 5.13 Å². The van der Waals surface area contributed by atoms with Crippen molar-refractivity contribution in [3.63, 3.8) is 0 Å². The highest BCUT2D eigenvalue weighted by molar-refractivity contribution is 7.13. The predicted octanol–water partition coefficient (Wildman–Crippen LogP) is 2.73. The molecule has 0 fully saturated rings. The van der Waals surface area contributed by atoms with Crippen molar-refractivity contribution in [2.45, 2.75) is 13.0 Å². The van der Waals surface area contributed by atoms with Crippen LogP contribution in [0.3, 0.4) is 0 Å². The Morgan fingerprint density at radius 2 is 2.00 bits per heavy atom. The average molecular weight is 265 g/mol. The second kappa shape index (κ2) is 5.68. The molecule has 0 aliphatic heterocycles. The van der Waals surface area contributed by atoms with E-state index in [9.17, 15) is 0 Å². The van der Waals surface area contributed by atoms with Crippen LogP contribution in [0, 0.1) is 0 Å². The lowest BCUT2D eigenvalue weighted by molar-refractivity contribution is 0.354. The summed E-state index contributed by atoms with van der Waals surface area (Å²) in [6.45, 7) is 2.06. The van der Waals surface area contributed by atoms with E-state index in [0.717, 1.165) is 22.2 Å². The van der Waals surface area contributed by atoms with E-state index in [1.807, 2.05) is 18.2 Å². The van der Waals surface area contributed by atoms with Crippen molar-refractivity contribution in [2.75, 3.05) is 19.5 Å². The quantitative estimate of drug-likeness (QED) is 0.900. The number of rotatable bonds is 5. The zero-order chi connectivity index (χ0) is 13.0. The molecule has 0 saturated carbocycles. The van der Waals surface area contributed by atoms with Crippen molar-refractivity contribution in [1.82, 2.24) is 10.2 Å². The van der Waals surface area contributed by atoms with Gasteiger partial charge in [-0.1, -0.05) is 17.4 Å². The smallest absolute Gasteiger partial charge is 0.205 e. The van der Waals surface area contributed by atoms with E-state index >= 15 is 0 Å². The monoisotopic (exact) mass is 265 g/mol. The van der Waals surface area contributed by atoms with Gasteiger partial charge in [0, 0.05) is 0 Å². The number of hydrogen-bond acceptors (Lipinski definition) is 6. The van der Waals surface area contributed by atoms with Crippen molar-refractivity contribution < 1.29 is 9.47 Å². The lowest BCUT2D eigenvalue weighted by Gasteiger charge is -2.15. The predicted molar refractivity (Wildman–Crippen MR) is 71.5 cm³/mol. The largest absolute Gasteiger partial charge is 0.493 e. The highest BCUT2D eigenvalue weighted by atomic mass is 32.1. The van der Waals surface area contributed by atoms with Gasteiger partial charge in [0.1, 0.15) is 5.51 Å². The second-order valence-corrected chi connectivity index (χ2v) is 4.56. The van der Waals surface area contributed by atoms with E-state index in [0.29, 0.717) is 0 Å². The maximum Gasteiger partial charge on any atom is 0.205 e. The molecule has 0 saturated heterocycles. The van der Waals surface area contributed by atoms with Crippen LogP contribution in [0.4, 0.5) is 5.13 Å². The molecular formula is C12H15N3O2S. The SMILES string of the molecule is COc1ccc(C(C)Nc2nncs2)cc1OC. The number of ether oxygens (including phenoxy) is 2. The molecule has 6 heteroatoms. The summed E-state index contributed by atoms with van der Waals surface area (Å²) in [5.41, 5.74) is 2.80. The van der Waals surface area contributed by atoms with Gasteiger partial charge in [-0.15, -0.1) is 10.2 Å². The molecule has 1 aromatic carbocycles. The number of benzene rings is 1. The summed E-state index contributed by atoms with van der Waals surface area (Å²) in [6.07, 6.45) is 0. The van der Waals surface area contributed by atoms with Gasteiger partial charge in [-0.05, 0) is 24.6 Å². The van der Waals surface area contributed by atoms with Crippen LogP contribution in [-0.2, 0) is 0 Å². The van der Waals surface area contributed by atoms with Crippen LogP contribution >= 0.6 is 11.3 Å². The molecule has 1 N–H and O–H groups in total. The summed E-state index contributed by atoms with van der Waals surface area (Å²) >= 11 is 1.47. The van der Waals surface area contributed by atoms with E-state index < -0.39 is 0 Å². The number of nitrogens with one attached hydrogen (secondary N) is 1. The zero-order valence-electron chi connectivity index (χ0n) is 10.5. The van der Waals surface area contributed by atoms with Crippen LogP contribution in [0.15, 0.2) is 23.7 Å². The van der Waals surface area contributed by atoms with Crippen molar-refractivity contribution in [1.29, 1.82) is 0 Å². The minimum atomic E-state index is 0.123. The van der Waals surface area contributed by atoms with Crippen LogP contribution in [0.2, 0.25) is 0 Å². The van der Waals surface area contributed by atoms with Crippen molar-refractivity contribution in [2.24, 2.45) is 0 Å². The molecule has 2 aromatic rings. The second-order valence-electron chi connectivity index (χ2n) is 3.72. The Morgan fingerprint density at radius 3 is 2.61 bits per heavy atom. The number of methoxy groups -OCH3 is 2. The van der Waals surface area contributed by atoms with Gasteiger partial charge in [0.25, 0.3) is 0 Å². The molecule has 5 nitrogen and oxygen atoms in total. The summed E-state index contributed by atoms with van der Waals surface area (Å²) in [4.78, 5) is 0. The van der Waals surface area contributed by atoms with E-state index in [4.69, 9.17) is 9.47 Å². The van der Waals surface area contributed by atoms with Crippen LogP contribution in [0.1, 0.15) is 18.5 Å². The molecule has 0 radical (unpaired) electrons. The average Bonchev–Trinajstić information content (AvgIpc) is 2.90. The molecule has 0 bridgehead atoms. The topological polar surface area (TPSA) is 56.3 Å².